The highest BCUT2D eigenvalue weighted by Gasteiger charge is 2.30. The van der Waals surface area contributed by atoms with Crippen LogP contribution in [0.3, 0.4) is 0 Å². The fraction of sp³-hybridized carbons (Fsp3) is 0.600. The molecule has 0 amide bonds. The summed E-state index contributed by atoms with van der Waals surface area (Å²) in [5.41, 5.74) is 5.90. The van der Waals surface area contributed by atoms with E-state index in [1.54, 1.807) is 28.6 Å². The lowest BCUT2D eigenvalue weighted by molar-refractivity contribution is 0.250. The molecule has 6 heteroatoms. The zero-order chi connectivity index (χ0) is 15.5. The van der Waals surface area contributed by atoms with E-state index in [0.29, 0.717) is 36.3 Å². The normalized spacial score (nSPS) is 19.4. The van der Waals surface area contributed by atoms with Gasteiger partial charge in [0.15, 0.2) is 0 Å². The van der Waals surface area contributed by atoms with Crippen molar-refractivity contribution in [3.8, 4) is 5.75 Å². The molecule has 0 radical (unpaired) electrons. The van der Waals surface area contributed by atoms with Gasteiger partial charge in [0, 0.05) is 19.1 Å². The molecule has 1 aromatic carbocycles. The van der Waals surface area contributed by atoms with Crippen molar-refractivity contribution >= 4 is 10.0 Å². The molecule has 2 rings (SSSR count). The van der Waals surface area contributed by atoms with Crippen LogP contribution in [0.5, 0.6) is 5.75 Å². The minimum absolute atomic E-state index is 0.125. The number of piperidine rings is 1. The molecule has 21 heavy (non-hydrogen) atoms. The Labute approximate surface area is 127 Å². The first-order chi connectivity index (χ1) is 9.95. The second-order valence-corrected chi connectivity index (χ2v) is 7.44. The van der Waals surface area contributed by atoms with Crippen LogP contribution in [0.1, 0.15) is 26.7 Å². The number of nitrogens with zero attached hydrogens (tertiary/aromatic N) is 1. The summed E-state index contributed by atoms with van der Waals surface area (Å²) >= 11 is 0. The molecule has 0 aliphatic carbocycles. The Bertz CT molecular complexity index is 547. The highest BCUT2D eigenvalue weighted by atomic mass is 32.2. The van der Waals surface area contributed by atoms with Crippen molar-refractivity contribution in [3.63, 3.8) is 0 Å². The summed E-state index contributed by atoms with van der Waals surface area (Å²) in [4.78, 5) is 0.324. The van der Waals surface area contributed by atoms with Crippen molar-refractivity contribution in [2.24, 2.45) is 11.7 Å². The van der Waals surface area contributed by atoms with Crippen LogP contribution in [0.4, 0.5) is 0 Å². The predicted octanol–water partition coefficient (Wildman–Crippen LogP) is 1.83. The van der Waals surface area contributed by atoms with Crippen LogP contribution in [0.15, 0.2) is 29.2 Å². The molecule has 0 saturated carbocycles. The van der Waals surface area contributed by atoms with E-state index in [4.69, 9.17) is 10.5 Å². The standard InChI is InChI=1S/C15H24N2O3S/c1-3-20-14-4-6-15(7-5-14)21(18,19)17-10-8-13(9-11-17)12(2)16/h4-7,12-13H,3,8-11,16H2,1-2H3. The lowest BCUT2D eigenvalue weighted by Gasteiger charge is -2.32. The zero-order valence-electron chi connectivity index (χ0n) is 12.7. The molecule has 2 N–H and O–H groups in total. The van der Waals surface area contributed by atoms with Crippen molar-refractivity contribution in [1.82, 2.24) is 4.31 Å². The first kappa shape index (κ1) is 16.3. The minimum Gasteiger partial charge on any atom is -0.494 e. The van der Waals surface area contributed by atoms with Crippen LogP contribution >= 0.6 is 0 Å². The quantitative estimate of drug-likeness (QED) is 0.900. The van der Waals surface area contributed by atoms with Crippen LogP contribution in [-0.4, -0.2) is 38.5 Å². The molecule has 5 nitrogen and oxygen atoms in total. The van der Waals surface area contributed by atoms with E-state index in [0.717, 1.165) is 12.8 Å². The molecule has 1 aromatic rings. The molecule has 0 spiro atoms. The van der Waals surface area contributed by atoms with Gasteiger partial charge in [0.2, 0.25) is 10.0 Å². The van der Waals surface area contributed by atoms with E-state index in [2.05, 4.69) is 0 Å². The minimum atomic E-state index is -3.41. The van der Waals surface area contributed by atoms with Gasteiger partial charge in [-0.3, -0.25) is 0 Å². The van der Waals surface area contributed by atoms with Crippen LogP contribution in [0.2, 0.25) is 0 Å². The Morgan fingerprint density at radius 1 is 1.29 bits per heavy atom. The van der Waals surface area contributed by atoms with E-state index in [9.17, 15) is 8.42 Å². The van der Waals surface area contributed by atoms with Crippen LogP contribution in [0, 0.1) is 5.92 Å². The van der Waals surface area contributed by atoms with Crippen molar-refractivity contribution in [2.75, 3.05) is 19.7 Å². The molecule has 118 valence electrons. The lowest BCUT2D eigenvalue weighted by atomic mass is 9.92. The molecule has 1 heterocycles. The monoisotopic (exact) mass is 312 g/mol. The summed E-state index contributed by atoms with van der Waals surface area (Å²) < 4.78 is 32.1. The molecule has 1 aliphatic rings. The van der Waals surface area contributed by atoms with Gasteiger partial charge in [0.1, 0.15) is 5.75 Å². The van der Waals surface area contributed by atoms with E-state index in [1.807, 2.05) is 13.8 Å². The summed E-state index contributed by atoms with van der Waals surface area (Å²) in [6.07, 6.45) is 1.65. The number of benzene rings is 1. The van der Waals surface area contributed by atoms with Crippen LogP contribution in [-0.2, 0) is 10.0 Å². The first-order valence-corrected chi connectivity index (χ1v) is 8.87. The van der Waals surface area contributed by atoms with Gasteiger partial charge in [-0.25, -0.2) is 8.42 Å². The van der Waals surface area contributed by atoms with Crippen molar-refractivity contribution in [3.05, 3.63) is 24.3 Å². The van der Waals surface area contributed by atoms with Crippen LogP contribution < -0.4 is 10.5 Å². The fourth-order valence-corrected chi connectivity index (χ4v) is 4.14. The maximum absolute atomic E-state index is 12.6. The summed E-state index contributed by atoms with van der Waals surface area (Å²) in [5.74, 6) is 1.10. The molecule has 0 aromatic heterocycles. The number of rotatable bonds is 5. The Morgan fingerprint density at radius 2 is 1.86 bits per heavy atom. The van der Waals surface area contributed by atoms with Gasteiger partial charge in [-0.05, 0) is 56.9 Å². The number of sulfonamides is 1. The molecular formula is C15H24N2O3S. The van der Waals surface area contributed by atoms with Gasteiger partial charge in [0.25, 0.3) is 0 Å². The summed E-state index contributed by atoms with van der Waals surface area (Å²) in [5, 5.41) is 0. The Kier molecular flexibility index (Phi) is 5.24. The fourth-order valence-electron chi connectivity index (χ4n) is 2.67. The third-order valence-corrected chi connectivity index (χ3v) is 5.93. The predicted molar refractivity (Wildman–Crippen MR) is 82.7 cm³/mol. The molecule has 1 saturated heterocycles. The number of ether oxygens (including phenoxy) is 1. The number of hydrogen-bond donors (Lipinski definition) is 1. The highest BCUT2D eigenvalue weighted by molar-refractivity contribution is 7.89. The Balaban J connectivity index is 2.08. The van der Waals surface area contributed by atoms with Gasteiger partial charge in [-0.15, -0.1) is 0 Å². The van der Waals surface area contributed by atoms with Crippen molar-refractivity contribution < 1.29 is 13.2 Å². The summed E-state index contributed by atoms with van der Waals surface area (Å²) in [7, 11) is -3.41. The van der Waals surface area contributed by atoms with Crippen molar-refractivity contribution in [2.45, 2.75) is 37.6 Å². The highest BCUT2D eigenvalue weighted by Crippen LogP contribution is 2.26. The maximum atomic E-state index is 12.6. The molecule has 1 aliphatic heterocycles. The molecular weight excluding hydrogens is 288 g/mol. The van der Waals surface area contributed by atoms with Gasteiger partial charge in [-0.2, -0.15) is 4.31 Å². The van der Waals surface area contributed by atoms with Crippen molar-refractivity contribution in [1.29, 1.82) is 0 Å². The second-order valence-electron chi connectivity index (χ2n) is 5.51. The van der Waals surface area contributed by atoms with Crippen LogP contribution in [0.25, 0.3) is 0 Å². The van der Waals surface area contributed by atoms with Gasteiger partial charge < -0.3 is 10.5 Å². The van der Waals surface area contributed by atoms with Gasteiger partial charge >= 0.3 is 0 Å². The number of nitrogens with two attached hydrogens (primary N) is 1. The molecule has 0 bridgehead atoms. The summed E-state index contributed by atoms with van der Waals surface area (Å²) in [6.45, 7) is 5.54. The Morgan fingerprint density at radius 3 is 2.33 bits per heavy atom. The topological polar surface area (TPSA) is 72.6 Å². The van der Waals surface area contributed by atoms with E-state index in [1.165, 1.54) is 0 Å². The molecule has 1 unspecified atom stereocenters. The van der Waals surface area contributed by atoms with Gasteiger partial charge in [-0.1, -0.05) is 0 Å². The van der Waals surface area contributed by atoms with E-state index >= 15 is 0 Å². The average Bonchev–Trinajstić information content (AvgIpc) is 2.48. The smallest absolute Gasteiger partial charge is 0.243 e. The zero-order valence-corrected chi connectivity index (χ0v) is 13.5. The third kappa shape index (κ3) is 3.75. The first-order valence-electron chi connectivity index (χ1n) is 7.43. The number of hydrogen-bond acceptors (Lipinski definition) is 4. The average molecular weight is 312 g/mol. The molecule has 1 atom stereocenters. The largest absolute Gasteiger partial charge is 0.494 e. The van der Waals surface area contributed by atoms with E-state index < -0.39 is 10.0 Å². The van der Waals surface area contributed by atoms with Gasteiger partial charge in [0.05, 0.1) is 11.5 Å². The SMILES string of the molecule is CCOc1ccc(S(=O)(=O)N2CCC(C(C)N)CC2)cc1. The Hall–Kier alpha value is -1.11. The maximum Gasteiger partial charge on any atom is 0.243 e. The molecule has 1 fully saturated rings. The summed E-state index contributed by atoms with van der Waals surface area (Å²) in [6, 6.07) is 6.74. The lowest BCUT2D eigenvalue weighted by Crippen LogP contribution is -2.42. The van der Waals surface area contributed by atoms with E-state index in [-0.39, 0.29) is 6.04 Å². The third-order valence-electron chi connectivity index (χ3n) is 4.01. The second kappa shape index (κ2) is 6.77.